The Morgan fingerprint density at radius 2 is 2.44 bits per heavy atom. The van der Waals surface area contributed by atoms with Gasteiger partial charge in [0.2, 0.25) is 0 Å². The first-order chi connectivity index (χ1) is 7.58. The minimum absolute atomic E-state index is 0.237. The van der Waals surface area contributed by atoms with Gasteiger partial charge in [-0.1, -0.05) is 16.1 Å². The monoisotopic (exact) mass is 323 g/mol. The Balaban J connectivity index is 2.26. The Labute approximate surface area is 106 Å². The van der Waals surface area contributed by atoms with E-state index < -0.39 is 4.92 Å². The quantitative estimate of drug-likeness (QED) is 0.637. The molecule has 2 aromatic rings. The van der Waals surface area contributed by atoms with E-state index in [4.69, 9.17) is 11.6 Å². The van der Waals surface area contributed by atoms with Gasteiger partial charge in [0.25, 0.3) is 0 Å². The van der Waals surface area contributed by atoms with Crippen LogP contribution in [0, 0.1) is 10.1 Å². The van der Waals surface area contributed by atoms with E-state index in [1.165, 1.54) is 10.9 Å². The van der Waals surface area contributed by atoms with E-state index in [2.05, 4.69) is 30.6 Å². The van der Waals surface area contributed by atoms with Gasteiger partial charge in [0.15, 0.2) is 0 Å². The van der Waals surface area contributed by atoms with Gasteiger partial charge in [-0.2, -0.15) is 4.68 Å². The molecule has 0 aliphatic heterocycles. The van der Waals surface area contributed by atoms with Crippen molar-refractivity contribution in [3.8, 4) is 0 Å². The van der Waals surface area contributed by atoms with Gasteiger partial charge in [0, 0.05) is 11.5 Å². The Morgan fingerprint density at radius 1 is 1.69 bits per heavy atom. The molecule has 2 heterocycles. The summed E-state index contributed by atoms with van der Waals surface area (Å²) in [6.45, 7) is 0.252. The molecule has 0 unspecified atom stereocenters. The molecule has 10 heteroatoms. The fraction of sp³-hybridized carbons (Fsp3) is 0.167. The van der Waals surface area contributed by atoms with Crippen molar-refractivity contribution in [1.82, 2.24) is 19.4 Å². The van der Waals surface area contributed by atoms with Crippen LogP contribution in [0.5, 0.6) is 0 Å². The van der Waals surface area contributed by atoms with Crippen LogP contribution in [0.15, 0.2) is 10.7 Å². The predicted molar refractivity (Wildman–Crippen MR) is 60.6 cm³/mol. The standard InChI is InChI=1S/C6H3BrClN5O2S/c7-3-1-12(10-6(3)13(14)15)2-4-5(8)16-11-9-4/h1H,2H2. The van der Waals surface area contributed by atoms with Crippen molar-refractivity contribution in [2.45, 2.75) is 6.54 Å². The smallest absolute Gasteiger partial charge is 0.358 e. The number of nitrogens with zero attached hydrogens (tertiary/aromatic N) is 5. The van der Waals surface area contributed by atoms with E-state index in [1.54, 1.807) is 0 Å². The lowest BCUT2D eigenvalue weighted by Gasteiger charge is -1.91. The van der Waals surface area contributed by atoms with Crippen molar-refractivity contribution >= 4 is 44.9 Å². The number of nitro groups is 1. The highest BCUT2D eigenvalue weighted by Crippen LogP contribution is 2.24. The summed E-state index contributed by atoms with van der Waals surface area (Å²) in [6.07, 6.45) is 1.49. The summed E-state index contributed by atoms with van der Waals surface area (Å²) in [5.41, 5.74) is 0.538. The van der Waals surface area contributed by atoms with Gasteiger partial charge in [-0.15, -0.1) is 5.10 Å². The summed E-state index contributed by atoms with van der Waals surface area (Å²) in [5, 5.41) is 18.1. The summed E-state index contributed by atoms with van der Waals surface area (Å²) >= 11 is 9.91. The maximum Gasteiger partial charge on any atom is 0.404 e. The van der Waals surface area contributed by atoms with E-state index in [-0.39, 0.29) is 12.4 Å². The zero-order chi connectivity index (χ0) is 11.7. The van der Waals surface area contributed by atoms with Crippen LogP contribution >= 0.6 is 39.1 Å². The molecular weight excluding hydrogens is 322 g/mol. The van der Waals surface area contributed by atoms with Gasteiger partial charge in [-0.25, -0.2) is 0 Å². The van der Waals surface area contributed by atoms with Crippen molar-refractivity contribution in [2.75, 3.05) is 0 Å². The SMILES string of the molecule is O=[N+]([O-])c1nn(Cc2nnsc2Cl)cc1Br. The molecule has 7 nitrogen and oxygen atoms in total. The average Bonchev–Trinajstić information content (AvgIpc) is 2.75. The van der Waals surface area contributed by atoms with E-state index in [0.29, 0.717) is 14.5 Å². The molecule has 0 fully saturated rings. The van der Waals surface area contributed by atoms with Gasteiger partial charge in [-0.05, 0) is 20.9 Å². The third-order valence-corrected chi connectivity index (χ3v) is 3.24. The second-order valence-electron chi connectivity index (χ2n) is 2.75. The molecule has 0 aliphatic carbocycles. The Morgan fingerprint density at radius 3 is 2.94 bits per heavy atom. The molecule has 2 rings (SSSR count). The lowest BCUT2D eigenvalue weighted by molar-refractivity contribution is -0.390. The fourth-order valence-electron chi connectivity index (χ4n) is 1.04. The second kappa shape index (κ2) is 4.44. The van der Waals surface area contributed by atoms with Crippen LogP contribution in [0.4, 0.5) is 5.82 Å². The van der Waals surface area contributed by atoms with Crippen molar-refractivity contribution in [3.63, 3.8) is 0 Å². The van der Waals surface area contributed by atoms with Crippen LogP contribution in [-0.4, -0.2) is 24.3 Å². The van der Waals surface area contributed by atoms with Crippen LogP contribution in [0.25, 0.3) is 0 Å². The van der Waals surface area contributed by atoms with Gasteiger partial charge in [-0.3, -0.25) is 0 Å². The Bertz CT molecular complexity index is 541. The summed E-state index contributed by atoms with van der Waals surface area (Å²) in [4.78, 5) is 9.98. The van der Waals surface area contributed by atoms with Gasteiger partial charge in [0.1, 0.15) is 21.0 Å². The molecule has 0 atom stereocenters. The maximum atomic E-state index is 10.6. The first-order valence-electron chi connectivity index (χ1n) is 3.92. The molecule has 0 radical (unpaired) electrons. The first kappa shape index (κ1) is 11.4. The minimum Gasteiger partial charge on any atom is -0.358 e. The molecule has 0 aromatic carbocycles. The minimum atomic E-state index is -0.568. The van der Waals surface area contributed by atoms with Crippen LogP contribution in [-0.2, 0) is 6.54 Å². The average molecular weight is 325 g/mol. The zero-order valence-corrected chi connectivity index (χ0v) is 10.7. The van der Waals surface area contributed by atoms with Crippen molar-refractivity contribution in [1.29, 1.82) is 0 Å². The van der Waals surface area contributed by atoms with E-state index in [0.717, 1.165) is 11.5 Å². The lowest BCUT2D eigenvalue weighted by atomic mass is 10.5. The number of halogens is 2. The van der Waals surface area contributed by atoms with Gasteiger partial charge in [0.05, 0.1) is 11.3 Å². The Kier molecular flexibility index (Phi) is 3.17. The van der Waals surface area contributed by atoms with Gasteiger partial charge >= 0.3 is 5.82 Å². The highest BCUT2D eigenvalue weighted by molar-refractivity contribution is 9.10. The van der Waals surface area contributed by atoms with Crippen molar-refractivity contribution < 1.29 is 4.92 Å². The predicted octanol–water partition coefficient (Wildman–Crippen LogP) is 2.11. The zero-order valence-electron chi connectivity index (χ0n) is 7.50. The van der Waals surface area contributed by atoms with Crippen LogP contribution in [0.3, 0.4) is 0 Å². The number of hydrogen-bond donors (Lipinski definition) is 0. The summed E-state index contributed by atoms with van der Waals surface area (Å²) in [7, 11) is 0. The highest BCUT2D eigenvalue weighted by Gasteiger charge is 2.19. The molecule has 0 bridgehead atoms. The third kappa shape index (κ3) is 2.20. The molecule has 2 aromatic heterocycles. The van der Waals surface area contributed by atoms with Gasteiger partial charge < -0.3 is 10.1 Å². The molecule has 0 saturated carbocycles. The lowest BCUT2D eigenvalue weighted by Crippen LogP contribution is -2.02. The molecule has 16 heavy (non-hydrogen) atoms. The van der Waals surface area contributed by atoms with Crippen LogP contribution in [0.1, 0.15) is 5.69 Å². The molecule has 0 saturated heterocycles. The van der Waals surface area contributed by atoms with Crippen molar-refractivity contribution in [3.05, 3.63) is 30.8 Å². The number of hydrogen-bond acceptors (Lipinski definition) is 6. The molecule has 0 amide bonds. The summed E-state index contributed by atoms with van der Waals surface area (Å²) < 4.78 is 5.80. The molecular formula is C6H3BrClN5O2S. The van der Waals surface area contributed by atoms with Crippen LogP contribution in [0.2, 0.25) is 4.34 Å². The normalized spacial score (nSPS) is 10.6. The summed E-state index contributed by atoms with van der Waals surface area (Å²) in [5.74, 6) is -0.237. The highest BCUT2D eigenvalue weighted by atomic mass is 79.9. The molecule has 0 N–H and O–H groups in total. The third-order valence-electron chi connectivity index (χ3n) is 1.69. The fourth-order valence-corrected chi connectivity index (χ4v) is 2.11. The largest absolute Gasteiger partial charge is 0.404 e. The van der Waals surface area contributed by atoms with Crippen LogP contribution < -0.4 is 0 Å². The van der Waals surface area contributed by atoms with E-state index in [1.807, 2.05) is 0 Å². The van der Waals surface area contributed by atoms with Crippen molar-refractivity contribution in [2.24, 2.45) is 0 Å². The number of rotatable bonds is 3. The number of aromatic nitrogens is 4. The second-order valence-corrected chi connectivity index (χ2v) is 4.96. The Hall–Kier alpha value is -1.06. The molecule has 84 valence electrons. The van der Waals surface area contributed by atoms with E-state index >= 15 is 0 Å². The summed E-state index contributed by atoms with van der Waals surface area (Å²) in [6, 6.07) is 0. The first-order valence-corrected chi connectivity index (χ1v) is 5.86. The van der Waals surface area contributed by atoms with E-state index in [9.17, 15) is 10.1 Å². The molecule has 0 aliphatic rings. The maximum absolute atomic E-state index is 10.6. The topological polar surface area (TPSA) is 86.7 Å². The molecule has 0 spiro atoms.